The molecule has 0 saturated carbocycles. The van der Waals surface area contributed by atoms with Gasteiger partial charge in [-0.15, -0.1) is 0 Å². The SMILES string of the molecule is CCC(CO)COP(=O)(O)OCCOP(=O)(O)OCC(CC)COP(=O)(O)OCCOP(=O)(O)OCC(CC)COP(=O)(O)OCCOP(=O)(O)OCC(CC)COP(=O)(O)OCCOP(=O)(O)OCC(CC)COP(=O)(O)OCCOP(=O)(O)OCCOP(=O)(O)OCCOP(=O)(O)OCCOP(=O)(O)OCCOP(=O)(O)OCCOP(=O)(O)OCCOP(=O)(O)OCC(CC)COP(=O)(O)O. The molecule has 19 N–H and O–H groups in total. The van der Waals surface area contributed by atoms with Crippen molar-refractivity contribution in [2.75, 3.05) is 225 Å². The average Bonchev–Trinajstić information content (AvgIpc) is 0.905. The van der Waals surface area contributed by atoms with Gasteiger partial charge in [0.1, 0.15) is 0 Å². The number of aliphatic hydroxyl groups excluding tert-OH is 1. The van der Waals surface area contributed by atoms with Crippen LogP contribution in [-0.4, -0.2) is 318 Å². The van der Waals surface area contributed by atoms with Crippen LogP contribution in [0.2, 0.25) is 0 Å². The lowest BCUT2D eigenvalue weighted by Crippen LogP contribution is -2.17. The van der Waals surface area contributed by atoms with Gasteiger partial charge in [-0.3, -0.25) is 149 Å². The van der Waals surface area contributed by atoms with E-state index in [0.717, 1.165) is 0 Å². The molecule has 0 aliphatic heterocycles. The summed E-state index contributed by atoms with van der Waals surface area (Å²) in [6.45, 7) is -17.1. The number of hydrogen-bond donors (Lipinski definition) is 19. The fourth-order valence-electron chi connectivity index (χ4n) is 7.87. The lowest BCUT2D eigenvalue weighted by atomic mass is 10.1. The van der Waals surface area contributed by atoms with Gasteiger partial charge in [-0.25, -0.2) is 77.6 Å². The Hall–Kier alpha value is 1.83. The Balaban J connectivity index is 4.56. The Labute approximate surface area is 790 Å². The van der Waals surface area contributed by atoms with Crippen LogP contribution >= 0.6 is 133 Å². The van der Waals surface area contributed by atoms with Crippen molar-refractivity contribution in [3.63, 3.8) is 0 Å². The predicted octanol–water partition coefficient (Wildman–Crippen LogP) is 7.38. The molecule has 0 radical (unpaired) electrons. The van der Waals surface area contributed by atoms with Crippen LogP contribution in [0.3, 0.4) is 0 Å². The smallest absolute Gasteiger partial charge is 0.396 e. The van der Waals surface area contributed by atoms with Gasteiger partial charge in [0.15, 0.2) is 0 Å². The number of aliphatic hydroxyl groups is 1. The summed E-state index contributed by atoms with van der Waals surface area (Å²) in [6.07, 6.45) is 1.00. The van der Waals surface area contributed by atoms with E-state index in [1.165, 1.54) is 20.8 Å². The molecule has 0 aromatic rings. The van der Waals surface area contributed by atoms with Gasteiger partial charge in [0.05, 0.1) is 218 Å². The first kappa shape index (κ1) is 140. The van der Waals surface area contributed by atoms with E-state index in [4.69, 9.17) is 82.7 Å². The molecular formula is C52H123O69P17. The predicted molar refractivity (Wildman–Crippen MR) is 455 cm³/mol. The third-order valence-electron chi connectivity index (χ3n) is 15.4. The molecule has 0 spiro atoms. The zero-order valence-corrected chi connectivity index (χ0v) is 89.5. The van der Waals surface area contributed by atoms with Crippen LogP contribution in [0.5, 0.6) is 0 Å². The Morgan fingerprint density at radius 2 is 0.217 bits per heavy atom. The van der Waals surface area contributed by atoms with Crippen LogP contribution in [0, 0.1) is 35.5 Å². The summed E-state index contributed by atoms with van der Waals surface area (Å²) in [5.74, 6) is -4.73. The molecule has 830 valence electrons. The average molecular weight is 2380 g/mol. The van der Waals surface area contributed by atoms with E-state index in [2.05, 4.69) is 81.4 Å². The van der Waals surface area contributed by atoms with Crippen LogP contribution in [0.1, 0.15) is 80.1 Å². The molecule has 0 heterocycles. The maximum absolute atomic E-state index is 12.6. The molecule has 69 nitrogen and oxygen atoms in total. The van der Waals surface area contributed by atoms with Crippen molar-refractivity contribution in [1.82, 2.24) is 0 Å². The Bertz CT molecular complexity index is 4270. The number of phosphoric acid groups is 17. The summed E-state index contributed by atoms with van der Waals surface area (Å²) in [7, 11) is -83.9. The second kappa shape index (κ2) is 69.5. The van der Waals surface area contributed by atoms with Crippen LogP contribution in [0.4, 0.5) is 0 Å². The van der Waals surface area contributed by atoms with Gasteiger partial charge in [0, 0.05) is 42.1 Å². The van der Waals surface area contributed by atoms with Gasteiger partial charge in [-0.05, 0) is 38.5 Å². The van der Waals surface area contributed by atoms with Crippen molar-refractivity contribution >= 4 is 133 Å². The Morgan fingerprint density at radius 3 is 0.297 bits per heavy atom. The fourth-order valence-corrected chi connectivity index (χ4v) is 20.2. The zero-order valence-electron chi connectivity index (χ0n) is 74.3. The first-order valence-corrected chi connectivity index (χ1v) is 65.1. The van der Waals surface area contributed by atoms with E-state index in [9.17, 15) is 156 Å². The van der Waals surface area contributed by atoms with E-state index in [0.29, 0.717) is 6.42 Å². The van der Waals surface area contributed by atoms with Gasteiger partial charge in [0.2, 0.25) is 0 Å². The Morgan fingerprint density at radius 1 is 0.138 bits per heavy atom. The summed E-state index contributed by atoms with van der Waals surface area (Å²) >= 11 is 0. The van der Waals surface area contributed by atoms with Crippen molar-refractivity contribution in [2.24, 2.45) is 35.5 Å². The molecule has 0 fully saturated rings. The molecule has 0 aliphatic carbocycles. The Kier molecular flexibility index (Phi) is 70.4. The second-order valence-electron chi connectivity index (χ2n) is 26.4. The second-order valence-corrected chi connectivity index (χ2v) is 50.9. The molecule has 138 heavy (non-hydrogen) atoms. The minimum absolute atomic E-state index is 0.0512. The van der Waals surface area contributed by atoms with E-state index < -0.39 is 380 Å². The van der Waals surface area contributed by atoms with Gasteiger partial charge in [-0.1, -0.05) is 41.5 Å². The summed E-state index contributed by atoms with van der Waals surface area (Å²) in [4.78, 5) is 177. The monoisotopic (exact) mass is 2380 g/mol. The highest BCUT2D eigenvalue weighted by Crippen LogP contribution is 2.56. The van der Waals surface area contributed by atoms with Crippen molar-refractivity contribution in [2.45, 2.75) is 80.1 Å². The molecule has 0 aromatic heterocycles. The van der Waals surface area contributed by atoms with Crippen molar-refractivity contribution in [1.29, 1.82) is 0 Å². The summed E-state index contributed by atoms with van der Waals surface area (Å²) in [5, 5.41) is 9.17. The molecule has 0 amide bonds. The largest absolute Gasteiger partial charge is 0.472 e. The van der Waals surface area contributed by atoms with Crippen molar-refractivity contribution in [3.8, 4) is 0 Å². The van der Waals surface area contributed by atoms with Gasteiger partial charge in [-0.2, -0.15) is 0 Å². The summed E-state index contributed by atoms with van der Waals surface area (Å²) < 4.78 is 361. The topological polar surface area (TPSA) is 979 Å². The highest BCUT2D eigenvalue weighted by Gasteiger charge is 2.37. The van der Waals surface area contributed by atoms with Crippen LogP contribution in [-0.2, 0) is 227 Å². The van der Waals surface area contributed by atoms with Gasteiger partial charge in [0.25, 0.3) is 0 Å². The molecular weight excluding hydrogens is 2260 g/mol. The number of rotatable bonds is 95. The molecule has 0 aromatic carbocycles. The highest BCUT2D eigenvalue weighted by molar-refractivity contribution is 7.51. The first-order valence-electron chi connectivity index (χ1n) is 39.7. The molecule has 22 atom stereocenters. The maximum Gasteiger partial charge on any atom is 0.472 e. The lowest BCUT2D eigenvalue weighted by molar-refractivity contribution is 0.0632. The molecule has 0 rings (SSSR count). The third kappa shape index (κ3) is 78.9. The lowest BCUT2D eigenvalue weighted by Gasteiger charge is -2.21. The van der Waals surface area contributed by atoms with Crippen LogP contribution in [0.15, 0.2) is 0 Å². The quantitative estimate of drug-likeness (QED) is 0.0208. The highest BCUT2D eigenvalue weighted by atomic mass is 31.2. The van der Waals surface area contributed by atoms with Crippen molar-refractivity contribution in [3.05, 3.63) is 0 Å². The number of phosphoric ester groups is 17. The third-order valence-corrected chi connectivity index (χ3v) is 31.9. The molecule has 0 bridgehead atoms. The minimum atomic E-state index is -5.06. The van der Waals surface area contributed by atoms with E-state index in [-0.39, 0.29) is 45.3 Å². The van der Waals surface area contributed by atoms with E-state index in [1.807, 2.05) is 0 Å². The van der Waals surface area contributed by atoms with Crippen LogP contribution < -0.4 is 0 Å². The molecule has 0 aliphatic rings. The number of hydrogen-bond acceptors (Lipinski definition) is 51. The normalized spacial score (nSPS) is 21.0. The molecule has 86 heteroatoms. The maximum atomic E-state index is 12.6. The molecule has 0 saturated heterocycles. The summed E-state index contributed by atoms with van der Waals surface area (Å²) in [5.41, 5.74) is 0. The van der Waals surface area contributed by atoms with Crippen LogP contribution in [0.25, 0.3) is 0 Å². The standard InChI is InChI=1S/C52H123O69P17/c1-7-47(35-53)36-112-129(69,70)101-27-28-104-132(75,76)115-41-50(10-4)42-117-134(79,80)106-31-32-108-136(83,84)119-45-52(12-6)46-121-138(87,88)110-34-33-109-137(85,86)120-44-51(11-5)43-118-135(81,82)107-30-29-105-133(77,78)116-40-49(9-3)39-114-131(73,74)103-26-24-100-128(67,68)98-22-20-96-126(63,64)94-18-16-92-124(59,60)90-14-13-89-123(57,58)91-15-17-93-125(61,62)95-19-21-97-127(65,66)99-23-25-102-130(71,72)113-38-48(8-2)37-111-122(54,55)56/h47-53H,7-46H2,1-6H3,(H,57,58)(H,59,60)(H,61,62)(H,63,64)(H,65,66)(H,67,68)(H,69,70)(H,71,72)(H,73,74)(H,75,76)(H,77,78)(H,79,80)(H,81,82)(H,83,84)(H,85,86)(H,87,88)(H2,54,55,56). The first-order chi connectivity index (χ1) is 63.5. The molecule has 22 unspecified atom stereocenters. The van der Waals surface area contributed by atoms with E-state index in [1.54, 1.807) is 20.8 Å². The van der Waals surface area contributed by atoms with E-state index >= 15 is 0 Å². The zero-order chi connectivity index (χ0) is 106. The van der Waals surface area contributed by atoms with Gasteiger partial charge >= 0.3 is 133 Å². The fraction of sp³-hybridized carbons (Fsp3) is 1.00. The van der Waals surface area contributed by atoms with Crippen molar-refractivity contribution < 1.29 is 320 Å². The van der Waals surface area contributed by atoms with Gasteiger partial charge < -0.3 is 93.2 Å². The minimum Gasteiger partial charge on any atom is -0.396 e. The summed E-state index contributed by atoms with van der Waals surface area (Å²) in [6, 6.07) is 0.